The summed E-state index contributed by atoms with van der Waals surface area (Å²) in [6.45, 7) is 8.71. The third-order valence-corrected chi connectivity index (χ3v) is 8.35. The van der Waals surface area contributed by atoms with Gasteiger partial charge in [-0.05, 0) is 89.5 Å². The number of rotatable bonds is 9. The van der Waals surface area contributed by atoms with Crippen molar-refractivity contribution in [2.24, 2.45) is 23.7 Å². The minimum absolute atomic E-state index is 0. The molecule has 0 aromatic heterocycles. The van der Waals surface area contributed by atoms with E-state index in [-0.39, 0.29) is 31.0 Å². The second-order valence-corrected chi connectivity index (χ2v) is 12.1. The molecule has 2 saturated carbocycles. The van der Waals surface area contributed by atoms with Crippen molar-refractivity contribution in [3.8, 4) is 0 Å². The van der Waals surface area contributed by atoms with E-state index < -0.39 is 0 Å². The summed E-state index contributed by atoms with van der Waals surface area (Å²) in [4.78, 5) is 12.8. The Balaban J connectivity index is 0.00000385. The zero-order valence-corrected chi connectivity index (χ0v) is 24.3. The van der Waals surface area contributed by atoms with Crippen molar-refractivity contribution in [1.82, 2.24) is 5.32 Å². The summed E-state index contributed by atoms with van der Waals surface area (Å²) < 4.78 is 8.07. The zero-order chi connectivity index (χ0) is 23.1. The average molecular weight is 609 g/mol. The molecule has 1 amide bonds. The highest BCUT2D eigenvalue weighted by Crippen LogP contribution is 2.35. The molecular formula is C26H41Br2ClN2O2. The Labute approximate surface area is 223 Å². The van der Waals surface area contributed by atoms with E-state index >= 15 is 0 Å². The van der Waals surface area contributed by atoms with Gasteiger partial charge >= 0.3 is 0 Å². The molecule has 33 heavy (non-hydrogen) atoms. The summed E-state index contributed by atoms with van der Waals surface area (Å²) in [6, 6.07) is 4.07. The molecule has 1 aromatic carbocycles. The van der Waals surface area contributed by atoms with Gasteiger partial charge in [0.1, 0.15) is 6.61 Å². The van der Waals surface area contributed by atoms with Crippen LogP contribution in [0.5, 0.6) is 0 Å². The van der Waals surface area contributed by atoms with Crippen molar-refractivity contribution >= 4 is 55.9 Å². The van der Waals surface area contributed by atoms with Crippen LogP contribution >= 0.6 is 44.3 Å². The predicted molar refractivity (Wildman–Crippen MR) is 147 cm³/mol. The molecular weight excluding hydrogens is 568 g/mol. The number of ether oxygens (including phenoxy) is 1. The minimum Gasteiger partial charge on any atom is -0.368 e. The van der Waals surface area contributed by atoms with Gasteiger partial charge in [-0.25, -0.2) is 0 Å². The maximum Gasteiger partial charge on any atom is 0.250 e. The standard InChI is InChI=1S/C26H40Br2N2O2.ClH/c1-17(2)22-10-9-18(3)11-24(22)32-16-25(31)30-26-20(12-21(27)13-23(26)28)15-29-14-19-7-5-4-6-8-19;/h12-13,17-19,22,24,29H,4-11,14-16H2,1-3H3,(H,30,31);1H. The van der Waals surface area contributed by atoms with Crippen LogP contribution in [-0.2, 0) is 16.1 Å². The quantitative estimate of drug-likeness (QED) is 0.302. The van der Waals surface area contributed by atoms with Crippen LogP contribution in [0.3, 0.4) is 0 Å². The number of anilines is 1. The normalized spacial score (nSPS) is 23.9. The summed E-state index contributed by atoms with van der Waals surface area (Å²) in [5.74, 6) is 2.48. The SMILES string of the molecule is CC1CCC(C(C)C)C(OCC(=O)Nc2c(Br)cc(Br)cc2CNCC2CCCCC2)C1.Cl. The molecule has 4 nitrogen and oxygen atoms in total. The van der Waals surface area contributed by atoms with Crippen molar-refractivity contribution in [2.75, 3.05) is 18.5 Å². The maximum atomic E-state index is 12.8. The zero-order valence-electron chi connectivity index (χ0n) is 20.3. The Hall–Kier alpha value is -0.140. The van der Waals surface area contributed by atoms with Crippen LogP contribution in [0.4, 0.5) is 5.69 Å². The van der Waals surface area contributed by atoms with E-state index in [4.69, 9.17) is 4.74 Å². The van der Waals surface area contributed by atoms with Gasteiger partial charge in [0.2, 0.25) is 5.91 Å². The Morgan fingerprint density at radius 3 is 2.55 bits per heavy atom. The highest BCUT2D eigenvalue weighted by atomic mass is 79.9. The van der Waals surface area contributed by atoms with Crippen molar-refractivity contribution < 1.29 is 9.53 Å². The second kappa shape index (κ2) is 14.4. The molecule has 7 heteroatoms. The van der Waals surface area contributed by atoms with E-state index in [0.29, 0.717) is 17.8 Å². The van der Waals surface area contributed by atoms with Crippen LogP contribution in [0.25, 0.3) is 0 Å². The number of amides is 1. The monoisotopic (exact) mass is 606 g/mol. The molecule has 0 spiro atoms. The highest BCUT2D eigenvalue weighted by molar-refractivity contribution is 9.11. The van der Waals surface area contributed by atoms with E-state index in [2.05, 4.69) is 69.3 Å². The van der Waals surface area contributed by atoms with Crippen LogP contribution in [0.15, 0.2) is 21.1 Å². The number of nitrogens with one attached hydrogen (secondary N) is 2. The van der Waals surface area contributed by atoms with Gasteiger partial charge in [-0.3, -0.25) is 4.79 Å². The summed E-state index contributed by atoms with van der Waals surface area (Å²) in [5, 5.41) is 6.74. The lowest BCUT2D eigenvalue weighted by Crippen LogP contribution is -2.36. The van der Waals surface area contributed by atoms with E-state index in [1.165, 1.54) is 44.9 Å². The third kappa shape index (κ3) is 9.10. The van der Waals surface area contributed by atoms with Gasteiger partial charge in [0.25, 0.3) is 0 Å². The number of hydrogen-bond donors (Lipinski definition) is 2. The van der Waals surface area contributed by atoms with Crippen LogP contribution < -0.4 is 10.6 Å². The van der Waals surface area contributed by atoms with Crippen LogP contribution in [0.2, 0.25) is 0 Å². The second-order valence-electron chi connectivity index (χ2n) is 10.3. The molecule has 2 aliphatic carbocycles. The Kier molecular flexibility index (Phi) is 12.7. The molecule has 188 valence electrons. The molecule has 2 aliphatic rings. The molecule has 0 aliphatic heterocycles. The van der Waals surface area contributed by atoms with Gasteiger partial charge < -0.3 is 15.4 Å². The topological polar surface area (TPSA) is 50.4 Å². The van der Waals surface area contributed by atoms with Crippen LogP contribution in [-0.4, -0.2) is 25.2 Å². The molecule has 3 unspecified atom stereocenters. The first kappa shape index (κ1) is 29.1. The van der Waals surface area contributed by atoms with Crippen molar-refractivity contribution in [3.63, 3.8) is 0 Å². The lowest BCUT2D eigenvalue weighted by Gasteiger charge is -2.37. The molecule has 3 atom stereocenters. The molecule has 0 bridgehead atoms. The molecule has 3 rings (SSSR count). The van der Waals surface area contributed by atoms with E-state index in [0.717, 1.165) is 45.6 Å². The Morgan fingerprint density at radius 1 is 1.12 bits per heavy atom. The maximum absolute atomic E-state index is 12.8. The van der Waals surface area contributed by atoms with Gasteiger partial charge in [-0.15, -0.1) is 12.4 Å². The third-order valence-electron chi connectivity index (χ3n) is 7.26. The number of benzene rings is 1. The number of hydrogen-bond acceptors (Lipinski definition) is 3. The fourth-order valence-corrected chi connectivity index (χ4v) is 6.79. The lowest BCUT2D eigenvalue weighted by atomic mass is 9.75. The first-order valence-corrected chi connectivity index (χ1v) is 14.0. The summed E-state index contributed by atoms with van der Waals surface area (Å²) in [6.07, 6.45) is 10.4. The van der Waals surface area contributed by atoms with Gasteiger partial charge in [-0.2, -0.15) is 0 Å². The molecule has 0 heterocycles. The predicted octanol–water partition coefficient (Wildman–Crippen LogP) is 7.72. The fourth-order valence-electron chi connectivity index (χ4n) is 5.37. The molecule has 2 N–H and O–H groups in total. The summed E-state index contributed by atoms with van der Waals surface area (Å²) in [5.41, 5.74) is 1.93. The molecule has 1 aromatic rings. The highest BCUT2D eigenvalue weighted by Gasteiger charge is 2.31. The average Bonchev–Trinajstić information content (AvgIpc) is 2.75. The first-order chi connectivity index (χ1) is 15.3. The largest absolute Gasteiger partial charge is 0.368 e. The van der Waals surface area contributed by atoms with Gasteiger partial charge in [0, 0.05) is 15.5 Å². The van der Waals surface area contributed by atoms with E-state index in [1.807, 2.05) is 6.07 Å². The fraction of sp³-hybridized carbons (Fsp3) is 0.731. The molecule has 0 saturated heterocycles. The number of halogens is 3. The Bertz CT molecular complexity index is 756. The molecule has 2 fully saturated rings. The smallest absolute Gasteiger partial charge is 0.250 e. The molecule has 0 radical (unpaired) electrons. The van der Waals surface area contributed by atoms with E-state index in [9.17, 15) is 4.79 Å². The van der Waals surface area contributed by atoms with Gasteiger partial charge in [0.05, 0.1) is 11.8 Å². The summed E-state index contributed by atoms with van der Waals surface area (Å²) in [7, 11) is 0. The van der Waals surface area contributed by atoms with Gasteiger partial charge in [-0.1, -0.05) is 62.4 Å². The van der Waals surface area contributed by atoms with E-state index in [1.54, 1.807) is 0 Å². The lowest BCUT2D eigenvalue weighted by molar-refractivity contribution is -0.126. The van der Waals surface area contributed by atoms with Crippen molar-refractivity contribution in [2.45, 2.75) is 84.8 Å². The van der Waals surface area contributed by atoms with Gasteiger partial charge in [0.15, 0.2) is 0 Å². The van der Waals surface area contributed by atoms with Crippen molar-refractivity contribution in [1.29, 1.82) is 0 Å². The van der Waals surface area contributed by atoms with Crippen LogP contribution in [0, 0.1) is 23.7 Å². The summed E-state index contributed by atoms with van der Waals surface area (Å²) >= 11 is 7.24. The van der Waals surface area contributed by atoms with Crippen molar-refractivity contribution in [3.05, 3.63) is 26.6 Å². The minimum atomic E-state index is -0.0812. The number of carbonyl (C=O) groups excluding carboxylic acids is 1. The van der Waals surface area contributed by atoms with Crippen LogP contribution in [0.1, 0.15) is 77.7 Å². The number of carbonyl (C=O) groups is 1. The Morgan fingerprint density at radius 2 is 1.85 bits per heavy atom. The first-order valence-electron chi connectivity index (χ1n) is 12.4.